The molecule has 110 valence electrons. The lowest BCUT2D eigenvalue weighted by Gasteiger charge is -2.33. The smallest absolute Gasteiger partial charge is 0.263 e. The summed E-state index contributed by atoms with van der Waals surface area (Å²) in [5.41, 5.74) is 0. The Labute approximate surface area is 116 Å². The van der Waals surface area contributed by atoms with Crippen LogP contribution in [-0.4, -0.2) is 55.0 Å². The van der Waals surface area contributed by atoms with Gasteiger partial charge >= 0.3 is 0 Å². The van der Waals surface area contributed by atoms with E-state index in [-0.39, 0.29) is 11.7 Å². The zero-order valence-corrected chi connectivity index (χ0v) is 11.6. The van der Waals surface area contributed by atoms with Crippen LogP contribution in [0.4, 0.5) is 8.78 Å². The van der Waals surface area contributed by atoms with Gasteiger partial charge in [0.1, 0.15) is 5.82 Å². The van der Waals surface area contributed by atoms with E-state index in [1.165, 1.54) is 6.07 Å². The number of halogens is 2. The first-order valence-corrected chi connectivity index (χ1v) is 6.56. The van der Waals surface area contributed by atoms with Crippen molar-refractivity contribution in [2.24, 2.45) is 0 Å². The molecule has 0 N–H and O–H groups in total. The highest BCUT2D eigenvalue weighted by molar-refractivity contribution is 5.81. The molecule has 0 saturated carbocycles. The van der Waals surface area contributed by atoms with Crippen molar-refractivity contribution in [3.63, 3.8) is 0 Å². The van der Waals surface area contributed by atoms with Gasteiger partial charge in [-0.25, -0.2) is 8.78 Å². The van der Waals surface area contributed by atoms with E-state index in [0.29, 0.717) is 13.1 Å². The Balaban J connectivity index is 1.97. The molecule has 2 rings (SSSR count). The molecule has 20 heavy (non-hydrogen) atoms. The highest BCUT2D eigenvalue weighted by atomic mass is 19.1. The van der Waals surface area contributed by atoms with Crippen LogP contribution in [0.15, 0.2) is 18.2 Å². The number of nitrogens with zero attached hydrogens (tertiary/aromatic N) is 2. The molecule has 6 heteroatoms. The highest BCUT2D eigenvalue weighted by Gasteiger charge is 2.25. The minimum absolute atomic E-state index is 0.110. The number of benzene rings is 1. The minimum Gasteiger partial charge on any atom is -0.478 e. The van der Waals surface area contributed by atoms with E-state index < -0.39 is 17.7 Å². The maximum atomic E-state index is 13.5. The molecule has 0 bridgehead atoms. The standard InChI is InChI=1S/C14H18F2N2O2/c1-10(14(19)18-7-5-17(2)6-8-18)20-13-4-3-11(15)9-12(13)16/h3-4,9-10H,5-8H2,1-2H3/t10-/m1/s1. The first-order valence-electron chi connectivity index (χ1n) is 6.56. The lowest BCUT2D eigenvalue weighted by atomic mass is 10.2. The van der Waals surface area contributed by atoms with Crippen molar-refractivity contribution in [1.29, 1.82) is 0 Å². The summed E-state index contributed by atoms with van der Waals surface area (Å²) in [5.74, 6) is -1.76. The van der Waals surface area contributed by atoms with Crippen LogP contribution in [0, 0.1) is 11.6 Å². The van der Waals surface area contributed by atoms with Gasteiger partial charge in [0.2, 0.25) is 0 Å². The number of likely N-dealkylation sites (N-methyl/N-ethyl adjacent to an activating group) is 1. The SMILES string of the molecule is C[C@@H](Oc1ccc(F)cc1F)C(=O)N1CCN(C)CC1. The van der Waals surface area contributed by atoms with Crippen LogP contribution in [0.5, 0.6) is 5.75 Å². The predicted octanol–water partition coefficient (Wildman–Crippen LogP) is 1.51. The van der Waals surface area contributed by atoms with Crippen LogP contribution in [-0.2, 0) is 4.79 Å². The molecule has 0 aromatic heterocycles. The molecule has 1 aromatic rings. The largest absolute Gasteiger partial charge is 0.478 e. The second-order valence-corrected chi connectivity index (χ2v) is 4.96. The van der Waals surface area contributed by atoms with E-state index in [1.807, 2.05) is 7.05 Å². The van der Waals surface area contributed by atoms with Crippen LogP contribution in [0.3, 0.4) is 0 Å². The molecule has 1 aromatic carbocycles. The molecule has 1 aliphatic heterocycles. The Kier molecular flexibility index (Phi) is 4.54. The van der Waals surface area contributed by atoms with Crippen LogP contribution in [0.25, 0.3) is 0 Å². The molecular formula is C14H18F2N2O2. The van der Waals surface area contributed by atoms with Gasteiger partial charge in [0.15, 0.2) is 17.7 Å². The fraction of sp³-hybridized carbons (Fsp3) is 0.500. The summed E-state index contributed by atoms with van der Waals surface area (Å²) in [7, 11) is 2.00. The summed E-state index contributed by atoms with van der Waals surface area (Å²) in [6.45, 7) is 4.46. The van der Waals surface area contributed by atoms with Gasteiger partial charge in [0.05, 0.1) is 0 Å². The summed E-state index contributed by atoms with van der Waals surface area (Å²) in [5, 5.41) is 0. The first kappa shape index (κ1) is 14.7. The van der Waals surface area contributed by atoms with Crippen molar-refractivity contribution in [1.82, 2.24) is 9.80 Å². The summed E-state index contributed by atoms with van der Waals surface area (Å²) >= 11 is 0. The molecule has 1 amide bonds. The Morgan fingerprint density at radius 1 is 1.25 bits per heavy atom. The molecule has 4 nitrogen and oxygen atoms in total. The van der Waals surface area contributed by atoms with Crippen molar-refractivity contribution in [3.05, 3.63) is 29.8 Å². The van der Waals surface area contributed by atoms with Crippen LogP contribution in [0.1, 0.15) is 6.92 Å². The molecule has 0 radical (unpaired) electrons. The predicted molar refractivity (Wildman–Crippen MR) is 70.5 cm³/mol. The molecular weight excluding hydrogens is 266 g/mol. The second kappa shape index (κ2) is 6.17. The van der Waals surface area contributed by atoms with E-state index in [2.05, 4.69) is 4.90 Å². The molecule has 0 aliphatic carbocycles. The number of ether oxygens (including phenoxy) is 1. The number of carbonyl (C=O) groups is 1. The van der Waals surface area contributed by atoms with Gasteiger partial charge in [0, 0.05) is 32.2 Å². The lowest BCUT2D eigenvalue weighted by molar-refractivity contribution is -0.139. The van der Waals surface area contributed by atoms with Crippen LogP contribution < -0.4 is 4.74 Å². The zero-order valence-electron chi connectivity index (χ0n) is 11.6. The molecule has 1 aliphatic rings. The topological polar surface area (TPSA) is 32.8 Å². The van der Waals surface area contributed by atoms with Gasteiger partial charge < -0.3 is 14.5 Å². The fourth-order valence-corrected chi connectivity index (χ4v) is 2.10. The average Bonchev–Trinajstić information content (AvgIpc) is 2.42. The second-order valence-electron chi connectivity index (χ2n) is 4.96. The zero-order chi connectivity index (χ0) is 14.7. The van der Waals surface area contributed by atoms with E-state index in [9.17, 15) is 13.6 Å². The van der Waals surface area contributed by atoms with Crippen molar-refractivity contribution in [2.75, 3.05) is 33.2 Å². The Morgan fingerprint density at radius 2 is 1.90 bits per heavy atom. The minimum atomic E-state index is -0.803. The third-order valence-electron chi connectivity index (χ3n) is 3.36. The van der Waals surface area contributed by atoms with Gasteiger partial charge in [-0.1, -0.05) is 0 Å². The molecule has 1 atom stereocenters. The number of hydrogen-bond donors (Lipinski definition) is 0. The first-order chi connectivity index (χ1) is 9.47. The lowest BCUT2D eigenvalue weighted by Crippen LogP contribution is -2.50. The quantitative estimate of drug-likeness (QED) is 0.843. The molecule has 1 saturated heterocycles. The van der Waals surface area contributed by atoms with Gasteiger partial charge in [-0.05, 0) is 26.1 Å². The van der Waals surface area contributed by atoms with Gasteiger partial charge in [-0.3, -0.25) is 4.79 Å². The Morgan fingerprint density at radius 3 is 2.50 bits per heavy atom. The van der Waals surface area contributed by atoms with Gasteiger partial charge in [0.25, 0.3) is 5.91 Å². The van der Waals surface area contributed by atoms with Crippen molar-refractivity contribution >= 4 is 5.91 Å². The molecule has 1 fully saturated rings. The van der Waals surface area contributed by atoms with Gasteiger partial charge in [-0.15, -0.1) is 0 Å². The molecule has 0 spiro atoms. The van der Waals surface area contributed by atoms with Gasteiger partial charge in [-0.2, -0.15) is 0 Å². The monoisotopic (exact) mass is 284 g/mol. The van der Waals surface area contributed by atoms with E-state index in [0.717, 1.165) is 25.2 Å². The maximum Gasteiger partial charge on any atom is 0.263 e. The number of hydrogen-bond acceptors (Lipinski definition) is 3. The fourth-order valence-electron chi connectivity index (χ4n) is 2.10. The third kappa shape index (κ3) is 3.45. The van der Waals surface area contributed by atoms with Crippen molar-refractivity contribution in [2.45, 2.75) is 13.0 Å². The summed E-state index contributed by atoms with van der Waals surface area (Å²) < 4.78 is 31.6. The van der Waals surface area contributed by atoms with Crippen LogP contribution in [0.2, 0.25) is 0 Å². The summed E-state index contributed by atoms with van der Waals surface area (Å²) in [6.07, 6.45) is -0.793. The summed E-state index contributed by atoms with van der Waals surface area (Å²) in [4.78, 5) is 16.0. The molecule has 1 heterocycles. The maximum absolute atomic E-state index is 13.5. The van der Waals surface area contributed by atoms with Crippen molar-refractivity contribution in [3.8, 4) is 5.75 Å². The Hall–Kier alpha value is -1.69. The number of amides is 1. The Bertz CT molecular complexity index is 488. The van der Waals surface area contributed by atoms with E-state index in [1.54, 1.807) is 11.8 Å². The normalized spacial score (nSPS) is 17.9. The van der Waals surface area contributed by atoms with E-state index >= 15 is 0 Å². The average molecular weight is 284 g/mol. The summed E-state index contributed by atoms with van der Waals surface area (Å²) in [6, 6.07) is 3.03. The van der Waals surface area contributed by atoms with Crippen LogP contribution >= 0.6 is 0 Å². The molecule has 0 unspecified atom stereocenters. The number of rotatable bonds is 3. The van der Waals surface area contributed by atoms with E-state index in [4.69, 9.17) is 4.74 Å². The number of piperazine rings is 1. The van der Waals surface area contributed by atoms with Crippen molar-refractivity contribution < 1.29 is 18.3 Å². The number of carbonyl (C=O) groups excluding carboxylic acids is 1. The highest BCUT2D eigenvalue weighted by Crippen LogP contribution is 2.19. The third-order valence-corrected chi connectivity index (χ3v) is 3.36.